The van der Waals surface area contributed by atoms with Crippen molar-refractivity contribution >= 4 is 23.1 Å². The van der Waals surface area contributed by atoms with Gasteiger partial charge in [-0.2, -0.15) is 0 Å². The fraction of sp³-hybridized carbons (Fsp3) is 0. The van der Waals surface area contributed by atoms with Crippen LogP contribution in [0.1, 0.15) is 0 Å². The van der Waals surface area contributed by atoms with E-state index in [1.54, 1.807) is 24.4 Å². The maximum atomic E-state index is 5.68. The lowest BCUT2D eigenvalue weighted by Crippen LogP contribution is -1.96. The Bertz CT molecular complexity index is 479. The predicted octanol–water partition coefficient (Wildman–Crippen LogP) is 1.36. The number of aromatic nitrogens is 3. The summed E-state index contributed by atoms with van der Waals surface area (Å²) < 4.78 is 0. The summed E-state index contributed by atoms with van der Waals surface area (Å²) in [6.07, 6.45) is 1.59. The summed E-state index contributed by atoms with van der Waals surface area (Å²) in [6, 6.07) is 4.97. The number of nitrogens with two attached hydrogens (primary N) is 2. The zero-order valence-corrected chi connectivity index (χ0v) is 8.44. The minimum absolute atomic E-state index is 0.0919. The van der Waals surface area contributed by atoms with Crippen molar-refractivity contribution in [2.45, 2.75) is 0 Å². The first kappa shape index (κ1) is 9.67. The van der Waals surface area contributed by atoms with Gasteiger partial charge in [0.1, 0.15) is 5.82 Å². The zero-order valence-electron chi connectivity index (χ0n) is 7.68. The summed E-state index contributed by atoms with van der Waals surface area (Å²) in [5, 5.41) is 0.0919. The summed E-state index contributed by atoms with van der Waals surface area (Å²) in [4.78, 5) is 11.9. The monoisotopic (exact) mass is 221 g/mol. The summed E-state index contributed by atoms with van der Waals surface area (Å²) in [5.41, 5.74) is 12.9. The summed E-state index contributed by atoms with van der Waals surface area (Å²) >= 11 is 5.68. The summed E-state index contributed by atoms with van der Waals surface area (Å²) in [6.45, 7) is 0. The third-order valence-corrected chi connectivity index (χ3v) is 1.93. The van der Waals surface area contributed by atoms with E-state index < -0.39 is 0 Å². The Hall–Kier alpha value is -1.88. The molecule has 76 valence electrons. The van der Waals surface area contributed by atoms with Crippen LogP contribution in [0, 0.1) is 0 Å². The molecule has 15 heavy (non-hydrogen) atoms. The van der Waals surface area contributed by atoms with Crippen LogP contribution in [0.25, 0.3) is 11.4 Å². The lowest BCUT2D eigenvalue weighted by molar-refractivity contribution is 1.16. The molecule has 2 heterocycles. The molecule has 4 N–H and O–H groups in total. The molecule has 0 fully saturated rings. The van der Waals surface area contributed by atoms with Gasteiger partial charge in [-0.15, -0.1) is 0 Å². The van der Waals surface area contributed by atoms with Crippen molar-refractivity contribution in [2.24, 2.45) is 0 Å². The van der Waals surface area contributed by atoms with Crippen LogP contribution >= 0.6 is 11.6 Å². The van der Waals surface area contributed by atoms with Crippen molar-refractivity contribution in [2.75, 3.05) is 11.5 Å². The molecule has 2 aromatic rings. The van der Waals surface area contributed by atoms with Gasteiger partial charge in [-0.05, 0) is 23.7 Å². The molecule has 0 aliphatic heterocycles. The Kier molecular flexibility index (Phi) is 2.39. The quantitative estimate of drug-likeness (QED) is 0.710. The normalized spacial score (nSPS) is 10.2. The number of hydrogen-bond donors (Lipinski definition) is 2. The Morgan fingerprint density at radius 1 is 1.07 bits per heavy atom. The first-order valence-corrected chi connectivity index (χ1v) is 4.55. The molecule has 0 amide bonds. The van der Waals surface area contributed by atoms with Gasteiger partial charge in [0.15, 0.2) is 0 Å². The molecule has 0 radical (unpaired) electrons. The van der Waals surface area contributed by atoms with Gasteiger partial charge >= 0.3 is 0 Å². The molecule has 0 spiro atoms. The molecule has 0 aliphatic rings. The van der Waals surface area contributed by atoms with Crippen LogP contribution in [0.2, 0.25) is 5.28 Å². The average Bonchev–Trinajstić information content (AvgIpc) is 2.16. The van der Waals surface area contributed by atoms with E-state index in [4.69, 9.17) is 23.1 Å². The van der Waals surface area contributed by atoms with E-state index in [1.165, 1.54) is 0 Å². The number of nitrogens with zero attached hydrogens (tertiary/aromatic N) is 3. The van der Waals surface area contributed by atoms with E-state index in [1.807, 2.05) is 0 Å². The second-order valence-electron chi connectivity index (χ2n) is 2.92. The highest BCUT2D eigenvalue weighted by atomic mass is 35.5. The summed E-state index contributed by atoms with van der Waals surface area (Å²) in [5.74, 6) is 0.300. The van der Waals surface area contributed by atoms with E-state index in [9.17, 15) is 0 Å². The fourth-order valence-corrected chi connectivity index (χ4v) is 1.34. The Labute approximate surface area is 91.1 Å². The van der Waals surface area contributed by atoms with Crippen molar-refractivity contribution in [3.8, 4) is 11.4 Å². The standard InChI is InChI=1S/C9H8ClN5/c10-9-14-7(4-8(12)15-9)6-3-5(11)1-2-13-6/h1-4H,(H2,11,13)(H2,12,14,15). The van der Waals surface area contributed by atoms with Crippen molar-refractivity contribution in [3.63, 3.8) is 0 Å². The highest BCUT2D eigenvalue weighted by Crippen LogP contribution is 2.19. The fourth-order valence-electron chi connectivity index (χ4n) is 1.15. The maximum absolute atomic E-state index is 5.68. The second-order valence-corrected chi connectivity index (χ2v) is 3.26. The average molecular weight is 222 g/mol. The molecule has 2 rings (SSSR count). The number of rotatable bonds is 1. The molecule has 0 bridgehead atoms. The van der Waals surface area contributed by atoms with E-state index in [2.05, 4.69) is 15.0 Å². The van der Waals surface area contributed by atoms with Crippen molar-refractivity contribution in [1.29, 1.82) is 0 Å². The lowest BCUT2D eigenvalue weighted by Gasteiger charge is -2.02. The molecule has 0 unspecified atom stereocenters. The molecule has 0 saturated carbocycles. The number of hydrogen-bond acceptors (Lipinski definition) is 5. The van der Waals surface area contributed by atoms with Crippen LogP contribution in [0.5, 0.6) is 0 Å². The minimum Gasteiger partial charge on any atom is -0.399 e. The van der Waals surface area contributed by atoms with E-state index >= 15 is 0 Å². The molecule has 0 saturated heterocycles. The highest BCUT2D eigenvalue weighted by molar-refractivity contribution is 6.28. The van der Waals surface area contributed by atoms with Crippen LogP contribution in [0.3, 0.4) is 0 Å². The van der Waals surface area contributed by atoms with Crippen molar-refractivity contribution in [3.05, 3.63) is 29.7 Å². The third-order valence-electron chi connectivity index (χ3n) is 1.77. The molecular weight excluding hydrogens is 214 g/mol. The van der Waals surface area contributed by atoms with Crippen LogP contribution in [0.4, 0.5) is 11.5 Å². The molecule has 6 heteroatoms. The van der Waals surface area contributed by atoms with Crippen LogP contribution < -0.4 is 11.5 Å². The molecule has 0 aliphatic carbocycles. The number of pyridine rings is 1. The first-order chi connectivity index (χ1) is 7.15. The van der Waals surface area contributed by atoms with Gasteiger partial charge in [-0.25, -0.2) is 9.97 Å². The SMILES string of the molecule is Nc1ccnc(-c2cc(N)nc(Cl)n2)c1. The van der Waals surface area contributed by atoms with Crippen molar-refractivity contribution in [1.82, 2.24) is 15.0 Å². The predicted molar refractivity (Wildman–Crippen MR) is 59.1 cm³/mol. The van der Waals surface area contributed by atoms with Crippen LogP contribution in [0.15, 0.2) is 24.4 Å². The maximum Gasteiger partial charge on any atom is 0.224 e. The van der Waals surface area contributed by atoms with Gasteiger partial charge in [0.05, 0.1) is 11.4 Å². The van der Waals surface area contributed by atoms with Crippen LogP contribution in [-0.2, 0) is 0 Å². The largest absolute Gasteiger partial charge is 0.399 e. The highest BCUT2D eigenvalue weighted by Gasteiger charge is 2.04. The third kappa shape index (κ3) is 2.13. The topological polar surface area (TPSA) is 90.7 Å². The molecule has 0 atom stereocenters. The van der Waals surface area contributed by atoms with Crippen LogP contribution in [-0.4, -0.2) is 15.0 Å². The smallest absolute Gasteiger partial charge is 0.224 e. The number of halogens is 1. The first-order valence-electron chi connectivity index (χ1n) is 4.17. The molecular formula is C9H8ClN5. The van der Waals surface area contributed by atoms with E-state index in [0.717, 1.165) is 0 Å². The Balaban J connectivity index is 2.54. The van der Waals surface area contributed by atoms with Gasteiger partial charge in [-0.3, -0.25) is 4.98 Å². The van der Waals surface area contributed by atoms with Gasteiger partial charge in [-0.1, -0.05) is 0 Å². The zero-order chi connectivity index (χ0) is 10.8. The lowest BCUT2D eigenvalue weighted by atomic mass is 10.2. The van der Waals surface area contributed by atoms with Gasteiger partial charge in [0.2, 0.25) is 5.28 Å². The van der Waals surface area contributed by atoms with Gasteiger partial charge in [0, 0.05) is 18.0 Å². The van der Waals surface area contributed by atoms with E-state index in [-0.39, 0.29) is 5.28 Å². The van der Waals surface area contributed by atoms with Gasteiger partial charge < -0.3 is 11.5 Å². The second kappa shape index (κ2) is 3.70. The number of nitrogen functional groups attached to an aromatic ring is 2. The van der Waals surface area contributed by atoms with Gasteiger partial charge in [0.25, 0.3) is 0 Å². The summed E-state index contributed by atoms with van der Waals surface area (Å²) in [7, 11) is 0. The molecule has 0 aromatic carbocycles. The Morgan fingerprint density at radius 2 is 1.87 bits per heavy atom. The Morgan fingerprint density at radius 3 is 2.53 bits per heavy atom. The molecule has 5 nitrogen and oxygen atoms in total. The minimum atomic E-state index is 0.0919. The molecule has 2 aromatic heterocycles. The van der Waals surface area contributed by atoms with E-state index in [0.29, 0.717) is 22.9 Å². The van der Waals surface area contributed by atoms with Crippen molar-refractivity contribution < 1.29 is 0 Å². The number of anilines is 2.